The van der Waals surface area contributed by atoms with E-state index in [0.29, 0.717) is 12.5 Å². The zero-order valence-electron chi connectivity index (χ0n) is 15.9. The lowest BCUT2D eigenvalue weighted by atomic mass is 9.96. The molecule has 1 fully saturated rings. The van der Waals surface area contributed by atoms with Crippen molar-refractivity contribution in [2.24, 2.45) is 5.92 Å². The molecule has 0 bridgehead atoms. The highest BCUT2D eigenvalue weighted by atomic mass is 16.6. The number of nitro benzene ring substituents is 1. The fraction of sp³-hybridized carbons (Fsp3) is 0.350. The summed E-state index contributed by atoms with van der Waals surface area (Å²) in [6.07, 6.45) is 3.65. The van der Waals surface area contributed by atoms with Crippen LogP contribution in [0.15, 0.2) is 48.7 Å². The summed E-state index contributed by atoms with van der Waals surface area (Å²) in [6, 6.07) is 11.3. The first-order valence-electron chi connectivity index (χ1n) is 9.47. The minimum atomic E-state index is -0.835. The Balaban J connectivity index is 1.40. The number of rotatable bonds is 6. The zero-order valence-corrected chi connectivity index (χ0v) is 15.9. The van der Waals surface area contributed by atoms with E-state index in [0.717, 1.165) is 38.2 Å². The highest BCUT2D eigenvalue weighted by Gasteiger charge is 2.22. The van der Waals surface area contributed by atoms with E-state index < -0.39 is 16.7 Å². The number of non-ortho nitro benzene ring substituents is 1. The molecule has 0 radical (unpaired) electrons. The van der Waals surface area contributed by atoms with E-state index in [2.05, 4.69) is 20.5 Å². The highest BCUT2D eigenvalue weighted by Crippen LogP contribution is 2.18. The molecular formula is C20H23N5O4. The molecule has 0 spiro atoms. The van der Waals surface area contributed by atoms with E-state index in [-0.39, 0.29) is 11.4 Å². The van der Waals surface area contributed by atoms with Crippen molar-refractivity contribution in [3.63, 3.8) is 0 Å². The number of hydrogen-bond acceptors (Lipinski definition) is 6. The number of pyridine rings is 1. The number of piperidine rings is 1. The van der Waals surface area contributed by atoms with Crippen LogP contribution in [-0.4, -0.2) is 46.3 Å². The highest BCUT2D eigenvalue weighted by molar-refractivity contribution is 6.39. The quantitative estimate of drug-likeness (QED) is 0.437. The van der Waals surface area contributed by atoms with Crippen molar-refractivity contribution in [1.82, 2.24) is 15.2 Å². The Kier molecular flexibility index (Phi) is 6.85. The van der Waals surface area contributed by atoms with Gasteiger partial charge in [0.1, 0.15) is 0 Å². The van der Waals surface area contributed by atoms with Crippen molar-refractivity contribution in [3.8, 4) is 0 Å². The standard InChI is InChI=1S/C20H23N5O4/c26-19(20(27)23-16-5-3-6-18(12-16)25(28)29)22-13-15-7-10-24(11-8-15)14-17-4-1-2-9-21-17/h1-6,9,12,15H,7-8,10-11,13-14H2,(H,22,26)(H,23,27). The molecular weight excluding hydrogens is 374 g/mol. The maximum atomic E-state index is 12.0. The molecule has 152 valence electrons. The summed E-state index contributed by atoms with van der Waals surface area (Å²) in [5.74, 6) is -1.27. The van der Waals surface area contributed by atoms with Crippen LogP contribution in [0.3, 0.4) is 0 Å². The number of likely N-dealkylation sites (tertiary alicyclic amines) is 1. The molecule has 0 aliphatic carbocycles. The molecule has 0 atom stereocenters. The van der Waals surface area contributed by atoms with Crippen LogP contribution in [0.1, 0.15) is 18.5 Å². The molecule has 1 aliphatic rings. The molecule has 2 amide bonds. The molecule has 0 unspecified atom stereocenters. The van der Waals surface area contributed by atoms with Crippen molar-refractivity contribution in [3.05, 3.63) is 64.5 Å². The summed E-state index contributed by atoms with van der Waals surface area (Å²) >= 11 is 0. The fourth-order valence-corrected chi connectivity index (χ4v) is 3.27. The van der Waals surface area contributed by atoms with Gasteiger partial charge in [-0.15, -0.1) is 0 Å². The molecule has 29 heavy (non-hydrogen) atoms. The minimum absolute atomic E-state index is 0.152. The molecule has 3 rings (SSSR count). The number of benzene rings is 1. The van der Waals surface area contributed by atoms with Crippen LogP contribution in [0.2, 0.25) is 0 Å². The predicted octanol–water partition coefficient (Wildman–Crippen LogP) is 1.96. The van der Waals surface area contributed by atoms with E-state index in [9.17, 15) is 19.7 Å². The maximum absolute atomic E-state index is 12.0. The van der Waals surface area contributed by atoms with Crippen molar-refractivity contribution in [2.75, 3.05) is 25.0 Å². The van der Waals surface area contributed by atoms with Gasteiger partial charge in [-0.1, -0.05) is 12.1 Å². The smallest absolute Gasteiger partial charge is 0.313 e. The molecule has 2 aromatic rings. The van der Waals surface area contributed by atoms with Gasteiger partial charge in [0.05, 0.1) is 10.6 Å². The Morgan fingerprint density at radius 2 is 1.93 bits per heavy atom. The monoisotopic (exact) mass is 397 g/mol. The largest absolute Gasteiger partial charge is 0.348 e. The van der Waals surface area contributed by atoms with Gasteiger partial charge in [0.15, 0.2) is 0 Å². The Hall–Kier alpha value is -3.33. The topological polar surface area (TPSA) is 117 Å². The van der Waals surface area contributed by atoms with Crippen molar-refractivity contribution < 1.29 is 14.5 Å². The Labute approximate surface area is 168 Å². The molecule has 9 heteroatoms. The number of nitro groups is 1. The maximum Gasteiger partial charge on any atom is 0.313 e. The van der Waals surface area contributed by atoms with Crippen molar-refractivity contribution in [2.45, 2.75) is 19.4 Å². The second-order valence-corrected chi connectivity index (χ2v) is 7.01. The van der Waals surface area contributed by atoms with E-state index >= 15 is 0 Å². The molecule has 1 aromatic heterocycles. The summed E-state index contributed by atoms with van der Waals surface area (Å²) in [7, 11) is 0. The third kappa shape index (κ3) is 6.08. The third-order valence-electron chi connectivity index (χ3n) is 4.89. The number of amides is 2. The first-order valence-corrected chi connectivity index (χ1v) is 9.47. The van der Waals surface area contributed by atoms with Crippen molar-refractivity contribution in [1.29, 1.82) is 0 Å². The van der Waals surface area contributed by atoms with Crippen LogP contribution in [0.4, 0.5) is 11.4 Å². The number of nitrogens with zero attached hydrogens (tertiary/aromatic N) is 3. The Morgan fingerprint density at radius 1 is 1.14 bits per heavy atom. The van der Waals surface area contributed by atoms with Crippen LogP contribution < -0.4 is 10.6 Å². The molecule has 2 N–H and O–H groups in total. The summed E-state index contributed by atoms with van der Waals surface area (Å²) in [4.78, 5) is 40.9. The van der Waals surface area contributed by atoms with Gasteiger partial charge >= 0.3 is 11.8 Å². The van der Waals surface area contributed by atoms with Gasteiger partial charge in [-0.2, -0.15) is 0 Å². The van der Waals surface area contributed by atoms with E-state index in [1.165, 1.54) is 24.3 Å². The zero-order chi connectivity index (χ0) is 20.6. The summed E-state index contributed by atoms with van der Waals surface area (Å²) in [5, 5.41) is 15.8. The molecule has 0 saturated carbocycles. The number of carbonyl (C=O) groups is 2. The van der Waals surface area contributed by atoms with Crippen LogP contribution in [0.25, 0.3) is 0 Å². The van der Waals surface area contributed by atoms with Crippen LogP contribution in [0, 0.1) is 16.0 Å². The summed E-state index contributed by atoms with van der Waals surface area (Å²) < 4.78 is 0. The van der Waals surface area contributed by atoms with Gasteiger partial charge in [0.2, 0.25) is 0 Å². The molecule has 1 aromatic carbocycles. The van der Waals surface area contributed by atoms with Crippen LogP contribution >= 0.6 is 0 Å². The predicted molar refractivity (Wildman–Crippen MR) is 107 cm³/mol. The average Bonchev–Trinajstić information content (AvgIpc) is 2.74. The first kappa shape index (κ1) is 20.4. The molecule has 2 heterocycles. The third-order valence-corrected chi connectivity index (χ3v) is 4.89. The number of aromatic nitrogens is 1. The second kappa shape index (κ2) is 9.74. The van der Waals surface area contributed by atoms with Gasteiger partial charge in [-0.3, -0.25) is 29.6 Å². The first-order chi connectivity index (χ1) is 14.0. The second-order valence-electron chi connectivity index (χ2n) is 7.01. The molecule has 9 nitrogen and oxygen atoms in total. The van der Waals surface area contributed by atoms with Gasteiger partial charge < -0.3 is 10.6 Å². The molecule has 1 saturated heterocycles. The summed E-state index contributed by atoms with van der Waals surface area (Å²) in [5.41, 5.74) is 1.10. The number of hydrogen-bond donors (Lipinski definition) is 2. The average molecular weight is 397 g/mol. The van der Waals surface area contributed by atoms with Crippen molar-refractivity contribution >= 4 is 23.2 Å². The Morgan fingerprint density at radius 3 is 2.62 bits per heavy atom. The SMILES string of the molecule is O=C(NCC1CCN(Cc2ccccn2)CC1)C(=O)Nc1cccc([N+](=O)[O-])c1. The number of nitrogens with one attached hydrogen (secondary N) is 2. The lowest BCUT2D eigenvalue weighted by Gasteiger charge is -2.31. The van der Waals surface area contributed by atoms with E-state index in [4.69, 9.17) is 0 Å². The van der Waals surface area contributed by atoms with Gasteiger partial charge in [-0.25, -0.2) is 0 Å². The lowest BCUT2D eigenvalue weighted by Crippen LogP contribution is -2.41. The Bertz CT molecular complexity index is 866. The normalized spacial score (nSPS) is 14.9. The lowest BCUT2D eigenvalue weighted by molar-refractivity contribution is -0.384. The molecule has 1 aliphatic heterocycles. The van der Waals surface area contributed by atoms with E-state index in [1.807, 2.05) is 18.2 Å². The van der Waals surface area contributed by atoms with Crippen LogP contribution in [-0.2, 0) is 16.1 Å². The summed E-state index contributed by atoms with van der Waals surface area (Å²) in [6.45, 7) is 3.07. The van der Waals surface area contributed by atoms with E-state index in [1.54, 1.807) is 6.20 Å². The minimum Gasteiger partial charge on any atom is -0.348 e. The van der Waals surface area contributed by atoms with Crippen LogP contribution in [0.5, 0.6) is 0 Å². The van der Waals surface area contributed by atoms with Gasteiger partial charge in [0, 0.05) is 37.1 Å². The van der Waals surface area contributed by atoms with Gasteiger partial charge in [-0.05, 0) is 50.0 Å². The fourth-order valence-electron chi connectivity index (χ4n) is 3.27. The number of carbonyl (C=O) groups excluding carboxylic acids is 2. The number of anilines is 1. The van der Waals surface area contributed by atoms with Gasteiger partial charge in [0.25, 0.3) is 5.69 Å².